The van der Waals surface area contributed by atoms with Crippen molar-refractivity contribution in [3.05, 3.63) is 11.3 Å². The van der Waals surface area contributed by atoms with Gasteiger partial charge in [0.25, 0.3) is 0 Å². The lowest BCUT2D eigenvalue weighted by atomic mass is 10.1. The first-order valence-corrected chi connectivity index (χ1v) is 5.47. The molecular weight excluding hydrogens is 210 g/mol. The molecule has 0 unspecified atom stereocenters. The Bertz CT molecular complexity index is 393. The molecule has 0 aliphatic carbocycles. The third-order valence-corrected chi connectivity index (χ3v) is 2.84. The van der Waals surface area contributed by atoms with Gasteiger partial charge in [-0.25, -0.2) is 4.79 Å². The van der Waals surface area contributed by atoms with E-state index in [1.54, 1.807) is 11.5 Å². The second-order valence-electron chi connectivity index (χ2n) is 3.82. The maximum Gasteiger partial charge on any atom is 0.347 e. The molecule has 0 bridgehead atoms. The van der Waals surface area contributed by atoms with Crippen LogP contribution in [0, 0.1) is 0 Å². The van der Waals surface area contributed by atoms with E-state index in [1.807, 2.05) is 0 Å². The van der Waals surface area contributed by atoms with Crippen LogP contribution in [0.5, 0.6) is 11.6 Å². The quantitative estimate of drug-likeness (QED) is 0.746. The van der Waals surface area contributed by atoms with Crippen molar-refractivity contribution in [2.75, 3.05) is 6.61 Å². The number of carbonyl (C=O) groups excluding carboxylic acids is 1. The molecule has 2 heterocycles. The van der Waals surface area contributed by atoms with Gasteiger partial charge in [0.2, 0.25) is 5.88 Å². The van der Waals surface area contributed by atoms with E-state index in [1.165, 1.54) is 0 Å². The lowest BCUT2D eigenvalue weighted by Gasteiger charge is -2.14. The lowest BCUT2D eigenvalue weighted by Crippen LogP contribution is -2.09. The zero-order valence-electron chi connectivity index (χ0n) is 9.19. The molecule has 5 nitrogen and oxygen atoms in total. The topological polar surface area (TPSA) is 71.7 Å². The van der Waals surface area contributed by atoms with Crippen LogP contribution in [-0.4, -0.2) is 27.4 Å². The van der Waals surface area contributed by atoms with Gasteiger partial charge in [0.05, 0.1) is 12.3 Å². The fourth-order valence-electron chi connectivity index (χ4n) is 2.09. The standard InChI is InChI=1S/C11H15NO4/c1-2-16-11(15)8-9(13)7-5-3-4-6-12(7)10(8)14/h13-14H,2-6H2,1H3. The van der Waals surface area contributed by atoms with Gasteiger partial charge in [0.1, 0.15) is 0 Å². The number of rotatable bonds is 2. The van der Waals surface area contributed by atoms with Crippen LogP contribution >= 0.6 is 0 Å². The summed E-state index contributed by atoms with van der Waals surface area (Å²) in [4.78, 5) is 11.5. The molecule has 0 fully saturated rings. The molecule has 16 heavy (non-hydrogen) atoms. The minimum Gasteiger partial charge on any atom is -0.505 e. The van der Waals surface area contributed by atoms with Crippen LogP contribution in [0.3, 0.4) is 0 Å². The zero-order chi connectivity index (χ0) is 11.7. The summed E-state index contributed by atoms with van der Waals surface area (Å²) in [6, 6.07) is 0. The lowest BCUT2D eigenvalue weighted by molar-refractivity contribution is 0.0519. The van der Waals surface area contributed by atoms with E-state index < -0.39 is 5.97 Å². The van der Waals surface area contributed by atoms with Crippen LogP contribution in [-0.2, 0) is 17.7 Å². The van der Waals surface area contributed by atoms with Gasteiger partial charge in [0, 0.05) is 6.54 Å². The molecule has 0 saturated heterocycles. The summed E-state index contributed by atoms with van der Waals surface area (Å²) in [5, 5.41) is 19.7. The van der Waals surface area contributed by atoms with E-state index >= 15 is 0 Å². The monoisotopic (exact) mass is 225 g/mol. The highest BCUT2D eigenvalue weighted by atomic mass is 16.5. The van der Waals surface area contributed by atoms with E-state index in [4.69, 9.17) is 4.74 Å². The third-order valence-electron chi connectivity index (χ3n) is 2.84. The van der Waals surface area contributed by atoms with Gasteiger partial charge in [-0.2, -0.15) is 0 Å². The van der Waals surface area contributed by atoms with Crippen molar-refractivity contribution in [1.82, 2.24) is 4.57 Å². The van der Waals surface area contributed by atoms with Crippen LogP contribution < -0.4 is 0 Å². The smallest absolute Gasteiger partial charge is 0.347 e. The highest BCUT2D eigenvalue weighted by Crippen LogP contribution is 2.38. The molecule has 1 aromatic heterocycles. The van der Waals surface area contributed by atoms with Crippen molar-refractivity contribution in [1.29, 1.82) is 0 Å². The maximum atomic E-state index is 11.5. The van der Waals surface area contributed by atoms with Crippen LogP contribution in [0.1, 0.15) is 35.8 Å². The number of esters is 1. The van der Waals surface area contributed by atoms with Gasteiger partial charge in [-0.1, -0.05) is 0 Å². The number of nitrogens with zero attached hydrogens (tertiary/aromatic N) is 1. The molecule has 5 heteroatoms. The molecule has 0 aromatic carbocycles. The van der Waals surface area contributed by atoms with Gasteiger partial charge < -0.3 is 19.5 Å². The summed E-state index contributed by atoms with van der Waals surface area (Å²) >= 11 is 0. The summed E-state index contributed by atoms with van der Waals surface area (Å²) in [6.45, 7) is 2.54. The number of aromatic hydroxyl groups is 2. The zero-order valence-corrected chi connectivity index (χ0v) is 9.19. The van der Waals surface area contributed by atoms with Crippen molar-refractivity contribution >= 4 is 5.97 Å². The maximum absolute atomic E-state index is 11.5. The SMILES string of the molecule is CCOC(=O)c1c(O)c2n(c1O)CCCC2. The largest absolute Gasteiger partial charge is 0.505 e. The van der Waals surface area contributed by atoms with Crippen LogP contribution in [0.4, 0.5) is 0 Å². The third kappa shape index (κ3) is 1.52. The Morgan fingerprint density at radius 3 is 2.81 bits per heavy atom. The fraction of sp³-hybridized carbons (Fsp3) is 0.545. The van der Waals surface area contributed by atoms with Crippen LogP contribution in [0.15, 0.2) is 0 Å². The van der Waals surface area contributed by atoms with E-state index in [9.17, 15) is 15.0 Å². The average Bonchev–Trinajstić information content (AvgIpc) is 2.53. The highest BCUT2D eigenvalue weighted by Gasteiger charge is 2.29. The molecule has 0 spiro atoms. The summed E-state index contributed by atoms with van der Waals surface area (Å²) in [5.41, 5.74) is 0.533. The number of ether oxygens (including phenoxy) is 1. The van der Waals surface area contributed by atoms with Gasteiger partial charge in [-0.3, -0.25) is 0 Å². The molecule has 0 radical (unpaired) electrons. The molecule has 88 valence electrons. The Kier molecular flexibility index (Phi) is 2.77. The van der Waals surface area contributed by atoms with E-state index in [-0.39, 0.29) is 23.8 Å². The van der Waals surface area contributed by atoms with Crippen molar-refractivity contribution in [3.63, 3.8) is 0 Å². The molecule has 1 aromatic rings. The first-order valence-electron chi connectivity index (χ1n) is 5.47. The molecule has 2 N–H and O–H groups in total. The summed E-state index contributed by atoms with van der Waals surface area (Å²) < 4.78 is 6.38. The Hall–Kier alpha value is -1.65. The van der Waals surface area contributed by atoms with Crippen molar-refractivity contribution in [2.24, 2.45) is 0 Å². The molecule has 0 amide bonds. The van der Waals surface area contributed by atoms with Crippen LogP contribution in [0.2, 0.25) is 0 Å². The van der Waals surface area contributed by atoms with Gasteiger partial charge in [-0.15, -0.1) is 0 Å². The molecule has 0 atom stereocenters. The number of hydrogen-bond donors (Lipinski definition) is 2. The Morgan fingerprint density at radius 1 is 1.44 bits per heavy atom. The minimum atomic E-state index is -0.667. The Morgan fingerprint density at radius 2 is 2.19 bits per heavy atom. The molecule has 1 aliphatic heterocycles. The molecular formula is C11H15NO4. The first kappa shape index (κ1) is 10.9. The van der Waals surface area contributed by atoms with Crippen molar-refractivity contribution in [3.8, 4) is 11.6 Å². The number of carbonyl (C=O) groups is 1. The predicted molar refractivity (Wildman–Crippen MR) is 56.7 cm³/mol. The molecule has 2 rings (SSSR count). The Balaban J connectivity index is 2.46. The van der Waals surface area contributed by atoms with Crippen molar-refractivity contribution in [2.45, 2.75) is 32.7 Å². The number of fused-ring (bicyclic) bond motifs is 1. The van der Waals surface area contributed by atoms with Crippen LogP contribution in [0.25, 0.3) is 0 Å². The predicted octanol–water partition coefficient (Wildman–Crippen LogP) is 1.41. The van der Waals surface area contributed by atoms with Gasteiger partial charge >= 0.3 is 5.97 Å². The normalized spacial score (nSPS) is 14.6. The van der Waals surface area contributed by atoms with Gasteiger partial charge in [0.15, 0.2) is 11.3 Å². The second-order valence-corrected chi connectivity index (χ2v) is 3.82. The summed E-state index contributed by atoms with van der Waals surface area (Å²) in [7, 11) is 0. The number of hydrogen-bond acceptors (Lipinski definition) is 4. The molecule has 1 aliphatic rings. The fourth-order valence-corrected chi connectivity index (χ4v) is 2.09. The Labute approximate surface area is 93.3 Å². The highest BCUT2D eigenvalue weighted by molar-refractivity contribution is 5.95. The second kappa shape index (κ2) is 4.08. The first-order chi connectivity index (χ1) is 7.66. The van der Waals surface area contributed by atoms with E-state index in [0.717, 1.165) is 12.8 Å². The van der Waals surface area contributed by atoms with E-state index in [0.29, 0.717) is 18.7 Å². The number of aromatic nitrogens is 1. The van der Waals surface area contributed by atoms with E-state index in [2.05, 4.69) is 0 Å². The average molecular weight is 225 g/mol. The summed E-state index contributed by atoms with van der Waals surface area (Å²) in [6.07, 6.45) is 2.58. The van der Waals surface area contributed by atoms with Crippen molar-refractivity contribution < 1.29 is 19.7 Å². The summed E-state index contributed by atoms with van der Waals surface area (Å²) in [5.74, 6) is -0.972. The minimum absolute atomic E-state index is 0.0984. The molecule has 0 saturated carbocycles. The van der Waals surface area contributed by atoms with Gasteiger partial charge in [-0.05, 0) is 26.2 Å².